The lowest BCUT2D eigenvalue weighted by Gasteiger charge is -2.34. The molecule has 1 aliphatic rings. The first-order chi connectivity index (χ1) is 10.2. The second kappa shape index (κ2) is 5.81. The number of thioether (sulfide) groups is 1. The summed E-state index contributed by atoms with van der Waals surface area (Å²) in [6.07, 6.45) is 1.73. The van der Waals surface area contributed by atoms with Crippen LogP contribution in [-0.4, -0.2) is 47.3 Å². The maximum Gasteiger partial charge on any atom is 0.327 e. The summed E-state index contributed by atoms with van der Waals surface area (Å²) in [5, 5.41) is 11.4. The predicted octanol–water partition coefficient (Wildman–Crippen LogP) is 2.25. The van der Waals surface area contributed by atoms with Crippen LogP contribution in [0.15, 0.2) is 30.5 Å². The van der Waals surface area contributed by atoms with Gasteiger partial charge in [-0.25, -0.2) is 9.78 Å². The number of carboxylic acids is 1. The molecule has 21 heavy (non-hydrogen) atoms. The van der Waals surface area contributed by atoms with Crippen molar-refractivity contribution in [2.45, 2.75) is 6.04 Å². The van der Waals surface area contributed by atoms with Crippen LogP contribution in [0.3, 0.4) is 0 Å². The molecule has 1 aromatic heterocycles. The normalized spacial score (nSPS) is 18.7. The van der Waals surface area contributed by atoms with Crippen molar-refractivity contribution in [1.82, 2.24) is 4.98 Å². The summed E-state index contributed by atoms with van der Waals surface area (Å²) in [5.74, 6) is 2.15. The van der Waals surface area contributed by atoms with Crippen LogP contribution in [0.25, 0.3) is 10.8 Å². The second-order valence-electron chi connectivity index (χ2n) is 4.84. The number of rotatable bonds is 3. The zero-order chi connectivity index (χ0) is 14.8. The molecule has 1 N–H and O–H groups in total. The fourth-order valence-electron chi connectivity index (χ4n) is 2.55. The average molecular weight is 304 g/mol. The summed E-state index contributed by atoms with van der Waals surface area (Å²) in [5.41, 5.74) is 0. The molecule has 1 unspecified atom stereocenters. The summed E-state index contributed by atoms with van der Waals surface area (Å²) >= 11 is 1.67. The van der Waals surface area contributed by atoms with Crippen molar-refractivity contribution >= 4 is 34.3 Å². The van der Waals surface area contributed by atoms with Gasteiger partial charge in [-0.2, -0.15) is 11.8 Å². The van der Waals surface area contributed by atoms with E-state index in [1.165, 1.54) is 0 Å². The zero-order valence-electron chi connectivity index (χ0n) is 11.7. The van der Waals surface area contributed by atoms with E-state index in [9.17, 15) is 9.90 Å². The molecule has 1 fully saturated rings. The van der Waals surface area contributed by atoms with E-state index in [-0.39, 0.29) is 0 Å². The molecule has 5 nitrogen and oxygen atoms in total. The van der Waals surface area contributed by atoms with Gasteiger partial charge in [0.2, 0.25) is 0 Å². The van der Waals surface area contributed by atoms with Crippen molar-refractivity contribution in [2.75, 3.05) is 30.1 Å². The molecule has 0 spiro atoms. The minimum absolute atomic E-state index is 0.534. The molecule has 0 saturated carbocycles. The summed E-state index contributed by atoms with van der Waals surface area (Å²) in [6.45, 7) is 0.685. The Morgan fingerprint density at radius 2 is 2.33 bits per heavy atom. The van der Waals surface area contributed by atoms with Gasteiger partial charge in [0.1, 0.15) is 17.6 Å². The van der Waals surface area contributed by atoms with Crippen molar-refractivity contribution in [2.24, 2.45) is 0 Å². The molecular weight excluding hydrogens is 288 g/mol. The lowest BCUT2D eigenvalue weighted by atomic mass is 10.1. The third kappa shape index (κ3) is 2.63. The fraction of sp³-hybridized carbons (Fsp3) is 0.333. The molecule has 3 rings (SSSR count). The molecule has 6 heteroatoms. The van der Waals surface area contributed by atoms with E-state index in [2.05, 4.69) is 4.98 Å². The first kappa shape index (κ1) is 14.0. The number of methoxy groups -OCH3 is 1. The molecule has 110 valence electrons. The Balaban J connectivity index is 2.11. The number of hydrogen-bond acceptors (Lipinski definition) is 5. The number of fused-ring (bicyclic) bond motifs is 1. The number of ether oxygens (including phenoxy) is 1. The molecule has 0 amide bonds. The smallest absolute Gasteiger partial charge is 0.327 e. The van der Waals surface area contributed by atoms with Gasteiger partial charge in [0, 0.05) is 29.6 Å². The maximum atomic E-state index is 11.5. The van der Waals surface area contributed by atoms with E-state index in [0.717, 1.165) is 28.1 Å². The highest BCUT2D eigenvalue weighted by molar-refractivity contribution is 7.99. The van der Waals surface area contributed by atoms with Gasteiger partial charge < -0.3 is 14.7 Å². The standard InChI is InChI=1S/C15H16N2O3S/c1-20-11-3-2-10-4-5-16-14(12(10)8-11)17-6-7-21-9-13(17)15(18)19/h2-5,8,13H,6-7,9H2,1H3,(H,18,19). The van der Waals surface area contributed by atoms with Crippen LogP contribution in [-0.2, 0) is 4.79 Å². The van der Waals surface area contributed by atoms with Gasteiger partial charge in [-0.1, -0.05) is 6.07 Å². The third-order valence-electron chi connectivity index (χ3n) is 3.64. The van der Waals surface area contributed by atoms with Crippen LogP contribution >= 0.6 is 11.8 Å². The van der Waals surface area contributed by atoms with Crippen molar-refractivity contribution in [1.29, 1.82) is 0 Å². The molecule has 2 heterocycles. The lowest BCUT2D eigenvalue weighted by molar-refractivity contribution is -0.138. The molecule has 1 aromatic carbocycles. The largest absolute Gasteiger partial charge is 0.497 e. The molecule has 1 atom stereocenters. The van der Waals surface area contributed by atoms with E-state index in [1.54, 1.807) is 25.1 Å². The number of aromatic nitrogens is 1. The number of benzene rings is 1. The third-order valence-corrected chi connectivity index (χ3v) is 4.66. The number of nitrogens with zero attached hydrogens (tertiary/aromatic N) is 2. The molecule has 1 saturated heterocycles. The van der Waals surface area contributed by atoms with E-state index >= 15 is 0 Å². The van der Waals surface area contributed by atoms with E-state index in [0.29, 0.717) is 12.3 Å². The van der Waals surface area contributed by atoms with E-state index in [1.807, 2.05) is 29.2 Å². The fourth-order valence-corrected chi connectivity index (χ4v) is 3.59. The maximum absolute atomic E-state index is 11.5. The number of hydrogen-bond donors (Lipinski definition) is 1. The summed E-state index contributed by atoms with van der Waals surface area (Å²) in [4.78, 5) is 17.8. The van der Waals surface area contributed by atoms with Gasteiger partial charge in [0.15, 0.2) is 0 Å². The summed E-state index contributed by atoms with van der Waals surface area (Å²) in [7, 11) is 1.62. The van der Waals surface area contributed by atoms with Crippen molar-refractivity contribution in [3.8, 4) is 5.75 Å². The monoisotopic (exact) mass is 304 g/mol. The first-order valence-electron chi connectivity index (χ1n) is 6.70. The van der Waals surface area contributed by atoms with Crippen molar-refractivity contribution in [3.63, 3.8) is 0 Å². The van der Waals surface area contributed by atoms with E-state index < -0.39 is 12.0 Å². The quantitative estimate of drug-likeness (QED) is 0.938. The Kier molecular flexibility index (Phi) is 3.88. The predicted molar refractivity (Wildman–Crippen MR) is 84.4 cm³/mol. The molecule has 2 aromatic rings. The SMILES string of the molecule is COc1ccc2ccnc(N3CCSCC3C(=O)O)c2c1. The van der Waals surface area contributed by atoms with Gasteiger partial charge in [-0.3, -0.25) is 0 Å². The zero-order valence-corrected chi connectivity index (χ0v) is 12.5. The highest BCUT2D eigenvalue weighted by atomic mass is 32.2. The summed E-state index contributed by atoms with van der Waals surface area (Å²) in [6, 6.07) is 7.17. The Hall–Kier alpha value is -1.95. The van der Waals surface area contributed by atoms with Crippen molar-refractivity contribution < 1.29 is 14.6 Å². The Bertz CT molecular complexity index is 677. The number of carboxylic acid groups (broad SMARTS) is 1. The van der Waals surface area contributed by atoms with Gasteiger partial charge in [0.25, 0.3) is 0 Å². The summed E-state index contributed by atoms with van der Waals surface area (Å²) < 4.78 is 5.27. The van der Waals surface area contributed by atoms with Gasteiger partial charge in [0.05, 0.1) is 7.11 Å². The number of carbonyl (C=O) groups is 1. The lowest BCUT2D eigenvalue weighted by Crippen LogP contribution is -2.47. The molecular formula is C15H16N2O3S. The van der Waals surface area contributed by atoms with Gasteiger partial charge in [-0.15, -0.1) is 0 Å². The minimum Gasteiger partial charge on any atom is -0.497 e. The molecule has 0 aliphatic carbocycles. The number of aliphatic carboxylic acids is 1. The average Bonchev–Trinajstić information content (AvgIpc) is 2.53. The van der Waals surface area contributed by atoms with Crippen LogP contribution in [0.1, 0.15) is 0 Å². The minimum atomic E-state index is -0.802. The number of pyridine rings is 1. The number of anilines is 1. The Morgan fingerprint density at radius 3 is 3.10 bits per heavy atom. The first-order valence-corrected chi connectivity index (χ1v) is 7.86. The van der Waals surface area contributed by atoms with Crippen LogP contribution < -0.4 is 9.64 Å². The van der Waals surface area contributed by atoms with Crippen LogP contribution in [0.2, 0.25) is 0 Å². The Morgan fingerprint density at radius 1 is 1.48 bits per heavy atom. The molecule has 1 aliphatic heterocycles. The van der Waals surface area contributed by atoms with Crippen molar-refractivity contribution in [3.05, 3.63) is 30.5 Å². The second-order valence-corrected chi connectivity index (χ2v) is 5.99. The van der Waals surface area contributed by atoms with E-state index in [4.69, 9.17) is 4.74 Å². The topological polar surface area (TPSA) is 62.7 Å². The van der Waals surface area contributed by atoms with Crippen LogP contribution in [0, 0.1) is 0 Å². The Labute approximate surface area is 126 Å². The highest BCUT2D eigenvalue weighted by Gasteiger charge is 2.30. The van der Waals surface area contributed by atoms with Gasteiger partial charge in [-0.05, 0) is 23.6 Å². The van der Waals surface area contributed by atoms with Gasteiger partial charge >= 0.3 is 5.97 Å². The van der Waals surface area contributed by atoms with Crippen LogP contribution in [0.4, 0.5) is 5.82 Å². The molecule has 0 bridgehead atoms. The highest BCUT2D eigenvalue weighted by Crippen LogP contribution is 2.31. The molecule has 0 radical (unpaired) electrons. The van der Waals surface area contributed by atoms with Crippen LogP contribution in [0.5, 0.6) is 5.75 Å².